The van der Waals surface area contributed by atoms with E-state index in [0.717, 1.165) is 30.4 Å². The van der Waals surface area contributed by atoms with Crippen LogP contribution >= 0.6 is 11.3 Å². The number of urea groups is 1. The lowest BCUT2D eigenvalue weighted by molar-refractivity contribution is -0.132. The number of imide groups is 1. The molecule has 1 fully saturated rings. The van der Waals surface area contributed by atoms with E-state index in [2.05, 4.69) is 10.3 Å². The quantitative estimate of drug-likeness (QED) is 0.677. The molecule has 3 aromatic rings. The van der Waals surface area contributed by atoms with Gasteiger partial charge in [-0.1, -0.05) is 24.3 Å². The Bertz CT molecular complexity index is 1170. The molecule has 142 valence electrons. The Balaban J connectivity index is 1.53. The van der Waals surface area contributed by atoms with Crippen molar-refractivity contribution in [3.8, 4) is 0 Å². The zero-order chi connectivity index (χ0) is 19.3. The van der Waals surface area contributed by atoms with Gasteiger partial charge in [-0.2, -0.15) is 0 Å². The molecule has 8 heteroatoms. The molecule has 28 heavy (non-hydrogen) atoms. The Labute approximate surface area is 164 Å². The summed E-state index contributed by atoms with van der Waals surface area (Å²) in [6.07, 6.45) is 4.97. The lowest BCUT2D eigenvalue weighted by Crippen LogP contribution is -2.44. The van der Waals surface area contributed by atoms with Crippen molar-refractivity contribution in [2.45, 2.75) is 37.8 Å². The van der Waals surface area contributed by atoms with Crippen LogP contribution in [0.3, 0.4) is 0 Å². The summed E-state index contributed by atoms with van der Waals surface area (Å²) in [6.45, 7) is -0.0157. The van der Waals surface area contributed by atoms with Gasteiger partial charge < -0.3 is 5.32 Å². The normalized spacial score (nSPS) is 21.8. The largest absolute Gasteiger partial charge is 0.325 e. The number of nitrogens with one attached hydrogen (secondary N) is 1. The van der Waals surface area contributed by atoms with Gasteiger partial charge in [-0.3, -0.25) is 18.9 Å². The van der Waals surface area contributed by atoms with Gasteiger partial charge in [0.25, 0.3) is 11.5 Å². The van der Waals surface area contributed by atoms with Crippen molar-refractivity contribution in [2.24, 2.45) is 0 Å². The van der Waals surface area contributed by atoms with Crippen LogP contribution in [0.4, 0.5) is 4.79 Å². The first-order valence-corrected chi connectivity index (χ1v) is 10.1. The number of aromatic nitrogens is 2. The lowest BCUT2D eigenvalue weighted by Gasteiger charge is -2.27. The van der Waals surface area contributed by atoms with Crippen molar-refractivity contribution in [3.05, 3.63) is 69.1 Å². The highest BCUT2D eigenvalue weighted by Gasteiger charge is 2.53. The maximum atomic E-state index is 13.4. The second kappa shape index (κ2) is 6.27. The molecule has 0 unspecified atom stereocenters. The number of carbonyl (C=O) groups excluding carboxylic acids is 2. The molecule has 1 N–H and O–H groups in total. The first-order valence-electron chi connectivity index (χ1n) is 9.27. The Kier molecular flexibility index (Phi) is 3.83. The third kappa shape index (κ3) is 2.48. The number of nitrogens with zero attached hydrogens (tertiary/aromatic N) is 3. The summed E-state index contributed by atoms with van der Waals surface area (Å²) >= 11 is 1.34. The Morgan fingerprint density at radius 1 is 1.18 bits per heavy atom. The van der Waals surface area contributed by atoms with Crippen molar-refractivity contribution in [1.82, 2.24) is 19.6 Å². The topological polar surface area (TPSA) is 83.8 Å². The van der Waals surface area contributed by atoms with Crippen LogP contribution in [0, 0.1) is 0 Å². The molecule has 5 rings (SSSR count). The number of amides is 3. The van der Waals surface area contributed by atoms with Crippen LogP contribution < -0.4 is 10.9 Å². The highest BCUT2D eigenvalue weighted by atomic mass is 32.1. The van der Waals surface area contributed by atoms with E-state index in [1.807, 2.05) is 24.3 Å². The molecule has 0 radical (unpaired) electrons. The first-order chi connectivity index (χ1) is 13.6. The fourth-order valence-corrected chi connectivity index (χ4v) is 4.99. The number of thiazole rings is 1. The van der Waals surface area contributed by atoms with E-state index in [4.69, 9.17) is 0 Å². The summed E-state index contributed by atoms with van der Waals surface area (Å²) < 4.78 is 1.45. The maximum absolute atomic E-state index is 13.4. The number of benzene rings is 1. The van der Waals surface area contributed by atoms with Crippen molar-refractivity contribution >= 4 is 28.2 Å². The fraction of sp³-hybridized carbons (Fsp3) is 0.300. The van der Waals surface area contributed by atoms with E-state index in [1.165, 1.54) is 26.7 Å². The van der Waals surface area contributed by atoms with Crippen molar-refractivity contribution in [1.29, 1.82) is 0 Å². The minimum Gasteiger partial charge on any atom is -0.319 e. The van der Waals surface area contributed by atoms with Crippen LogP contribution in [-0.2, 0) is 23.3 Å². The number of hydrogen-bond acceptors (Lipinski definition) is 5. The molecule has 1 aliphatic heterocycles. The van der Waals surface area contributed by atoms with Crippen molar-refractivity contribution in [3.63, 3.8) is 0 Å². The maximum Gasteiger partial charge on any atom is 0.325 e. The summed E-state index contributed by atoms with van der Waals surface area (Å²) in [7, 11) is 0. The zero-order valence-corrected chi connectivity index (χ0v) is 15.9. The summed E-state index contributed by atoms with van der Waals surface area (Å²) in [4.78, 5) is 44.6. The van der Waals surface area contributed by atoms with Gasteiger partial charge in [0, 0.05) is 17.6 Å². The van der Waals surface area contributed by atoms with E-state index < -0.39 is 11.6 Å². The number of aryl methyl sites for hydroxylation is 1. The van der Waals surface area contributed by atoms with E-state index in [9.17, 15) is 14.4 Å². The van der Waals surface area contributed by atoms with Gasteiger partial charge in [0.1, 0.15) is 5.54 Å². The highest BCUT2D eigenvalue weighted by molar-refractivity contribution is 7.15. The minimum absolute atomic E-state index is 0.0157. The molecule has 1 atom stereocenters. The molecule has 1 aromatic carbocycles. The summed E-state index contributed by atoms with van der Waals surface area (Å²) in [5.41, 5.74) is 1.16. The van der Waals surface area contributed by atoms with Gasteiger partial charge in [-0.25, -0.2) is 9.78 Å². The Morgan fingerprint density at radius 2 is 2.04 bits per heavy atom. The van der Waals surface area contributed by atoms with E-state index in [0.29, 0.717) is 17.1 Å². The predicted molar refractivity (Wildman–Crippen MR) is 104 cm³/mol. The van der Waals surface area contributed by atoms with Crippen LogP contribution in [0.1, 0.15) is 36.1 Å². The van der Waals surface area contributed by atoms with Gasteiger partial charge in [-0.05, 0) is 36.8 Å². The van der Waals surface area contributed by atoms with Gasteiger partial charge in [-0.15, -0.1) is 11.3 Å². The molecule has 1 saturated heterocycles. The molecule has 3 amide bonds. The van der Waals surface area contributed by atoms with Gasteiger partial charge in [0.05, 0.1) is 12.2 Å². The standard InChI is InChI=1S/C20H18N4O3S/c25-16-11-14(21-19-23(16)9-10-28-19)12-24-17(26)20(22-18(24)27)8-4-3-6-13-5-1-2-7-15(13)20/h1-2,5,7,9-11H,3-4,6,8,12H2,(H,22,27)/t20-/m1/s1. The van der Waals surface area contributed by atoms with Crippen LogP contribution in [0.15, 0.2) is 46.7 Å². The lowest BCUT2D eigenvalue weighted by atomic mass is 9.84. The minimum atomic E-state index is -1.02. The summed E-state index contributed by atoms with van der Waals surface area (Å²) in [5.74, 6) is -0.264. The SMILES string of the molecule is O=C1N[C@@]2(CCCCc3ccccc32)C(=O)N1Cc1cc(=O)n2ccsc2n1. The number of rotatable bonds is 2. The summed E-state index contributed by atoms with van der Waals surface area (Å²) in [5, 5.41) is 4.74. The zero-order valence-electron chi connectivity index (χ0n) is 15.1. The fourth-order valence-electron chi connectivity index (χ4n) is 4.25. The molecule has 0 saturated carbocycles. The predicted octanol–water partition coefficient (Wildman–Crippen LogP) is 2.43. The molecule has 1 spiro atoms. The van der Waals surface area contributed by atoms with Crippen molar-refractivity contribution < 1.29 is 9.59 Å². The molecule has 7 nitrogen and oxygen atoms in total. The molecular weight excluding hydrogens is 376 g/mol. The third-order valence-electron chi connectivity index (χ3n) is 5.58. The molecule has 2 aliphatic rings. The van der Waals surface area contributed by atoms with Crippen molar-refractivity contribution in [2.75, 3.05) is 0 Å². The van der Waals surface area contributed by atoms with E-state index in [1.54, 1.807) is 11.6 Å². The second-order valence-electron chi connectivity index (χ2n) is 7.23. The number of fused-ring (bicyclic) bond motifs is 3. The third-order valence-corrected chi connectivity index (χ3v) is 6.33. The molecule has 1 aliphatic carbocycles. The molecular formula is C20H18N4O3S. The Morgan fingerprint density at radius 3 is 2.93 bits per heavy atom. The Hall–Kier alpha value is -3.00. The van der Waals surface area contributed by atoms with Gasteiger partial charge >= 0.3 is 6.03 Å². The second-order valence-corrected chi connectivity index (χ2v) is 8.11. The monoisotopic (exact) mass is 394 g/mol. The molecule has 0 bridgehead atoms. The van der Waals surface area contributed by atoms with Crippen LogP contribution in [0.25, 0.3) is 4.96 Å². The van der Waals surface area contributed by atoms with Gasteiger partial charge in [0.2, 0.25) is 0 Å². The first kappa shape index (κ1) is 17.1. The average molecular weight is 394 g/mol. The van der Waals surface area contributed by atoms with E-state index in [-0.39, 0.29) is 18.0 Å². The van der Waals surface area contributed by atoms with Crippen LogP contribution in [-0.4, -0.2) is 26.2 Å². The highest BCUT2D eigenvalue weighted by Crippen LogP contribution is 2.39. The van der Waals surface area contributed by atoms with Crippen LogP contribution in [0.5, 0.6) is 0 Å². The number of carbonyl (C=O) groups is 2. The molecule has 3 heterocycles. The smallest absolute Gasteiger partial charge is 0.319 e. The molecule has 2 aromatic heterocycles. The van der Waals surface area contributed by atoms with Crippen LogP contribution in [0.2, 0.25) is 0 Å². The van der Waals surface area contributed by atoms with E-state index >= 15 is 0 Å². The average Bonchev–Trinajstić information content (AvgIpc) is 3.19. The number of hydrogen-bond donors (Lipinski definition) is 1. The summed E-state index contributed by atoms with van der Waals surface area (Å²) in [6, 6.07) is 8.77. The van der Waals surface area contributed by atoms with Gasteiger partial charge in [0.15, 0.2) is 4.96 Å².